The fourth-order valence-electron chi connectivity index (χ4n) is 3.19. The molecule has 0 aromatic heterocycles. The van der Waals surface area contributed by atoms with Gasteiger partial charge in [0.1, 0.15) is 5.57 Å². The monoisotopic (exact) mass is 463 g/mol. The standard InChI is InChI=1S/C25H27N3O4.C2H6/c1-16(22(25(30)32-4)23(31-3)17(2)27)15-28-24(29)21-12-10-20(11-13-21)19-7-5-6-18(14-26)8-9-19;1-2/h5-13,19H,15,27H2,1-4H3,(H,28,29);1-2H3/b22-16-,23-17+;. The maximum atomic E-state index is 12.6. The minimum Gasteiger partial charge on any atom is -0.494 e. The number of hydrogen-bond acceptors (Lipinski definition) is 6. The fourth-order valence-corrected chi connectivity index (χ4v) is 3.19. The SMILES string of the molecule is CC.COC(=O)C(=C(/C)CNC(=O)c1ccc(C2C=CC=C(C#N)C=C2)cc1)/C(OC)=C(/C)N. The lowest BCUT2D eigenvalue weighted by atomic mass is 9.97. The number of ether oxygens (including phenoxy) is 2. The predicted octanol–water partition coefficient (Wildman–Crippen LogP) is 4.43. The Morgan fingerprint density at radius 3 is 2.26 bits per heavy atom. The summed E-state index contributed by atoms with van der Waals surface area (Å²) >= 11 is 0. The average molecular weight is 464 g/mol. The van der Waals surface area contributed by atoms with Crippen LogP contribution in [0.5, 0.6) is 0 Å². The van der Waals surface area contributed by atoms with Gasteiger partial charge in [-0.15, -0.1) is 0 Å². The summed E-state index contributed by atoms with van der Waals surface area (Å²) in [6.45, 7) is 7.43. The third-order valence-electron chi connectivity index (χ3n) is 4.88. The summed E-state index contributed by atoms with van der Waals surface area (Å²) in [6.07, 6.45) is 9.32. The quantitative estimate of drug-likeness (QED) is 0.268. The van der Waals surface area contributed by atoms with Crippen LogP contribution in [-0.4, -0.2) is 32.6 Å². The number of carbonyl (C=O) groups excluding carboxylic acids is 2. The molecule has 7 nitrogen and oxygen atoms in total. The van der Waals surface area contributed by atoms with Crippen molar-refractivity contribution in [3.63, 3.8) is 0 Å². The molecule has 0 aliphatic heterocycles. The van der Waals surface area contributed by atoms with Crippen molar-refractivity contribution in [1.82, 2.24) is 5.32 Å². The number of nitriles is 1. The highest BCUT2D eigenvalue weighted by Gasteiger charge is 2.21. The number of nitrogens with two attached hydrogens (primary N) is 1. The van der Waals surface area contributed by atoms with Crippen molar-refractivity contribution in [2.24, 2.45) is 5.73 Å². The van der Waals surface area contributed by atoms with E-state index in [0.717, 1.165) is 5.56 Å². The molecule has 0 heterocycles. The molecule has 0 saturated carbocycles. The van der Waals surface area contributed by atoms with Gasteiger partial charge in [-0.25, -0.2) is 4.79 Å². The van der Waals surface area contributed by atoms with E-state index in [-0.39, 0.29) is 29.7 Å². The van der Waals surface area contributed by atoms with E-state index in [2.05, 4.69) is 11.4 Å². The summed E-state index contributed by atoms with van der Waals surface area (Å²) in [5.41, 5.74) is 8.96. The molecular formula is C27H33N3O4. The maximum Gasteiger partial charge on any atom is 0.341 e. The molecule has 1 aliphatic rings. The van der Waals surface area contributed by atoms with Crippen LogP contribution in [0.4, 0.5) is 0 Å². The zero-order valence-corrected chi connectivity index (χ0v) is 20.6. The number of methoxy groups -OCH3 is 2. The van der Waals surface area contributed by atoms with Gasteiger partial charge >= 0.3 is 5.97 Å². The van der Waals surface area contributed by atoms with Gasteiger partial charge < -0.3 is 20.5 Å². The lowest BCUT2D eigenvalue weighted by Crippen LogP contribution is -2.27. The predicted molar refractivity (Wildman–Crippen MR) is 133 cm³/mol. The molecule has 1 aromatic rings. The first kappa shape index (κ1) is 28.0. The van der Waals surface area contributed by atoms with Crippen LogP contribution >= 0.6 is 0 Å². The number of nitrogens with one attached hydrogen (secondary N) is 1. The molecule has 180 valence electrons. The molecule has 1 aliphatic carbocycles. The Hall–Kier alpha value is -4.05. The van der Waals surface area contributed by atoms with Gasteiger partial charge in [-0.1, -0.05) is 44.2 Å². The number of amides is 1. The molecular weight excluding hydrogens is 430 g/mol. The van der Waals surface area contributed by atoms with E-state index in [1.54, 1.807) is 38.1 Å². The molecule has 1 atom stereocenters. The summed E-state index contributed by atoms with van der Waals surface area (Å²) in [4.78, 5) is 24.8. The summed E-state index contributed by atoms with van der Waals surface area (Å²) in [6, 6.07) is 9.34. The molecule has 0 saturated heterocycles. The summed E-state index contributed by atoms with van der Waals surface area (Å²) in [7, 11) is 2.68. The highest BCUT2D eigenvalue weighted by atomic mass is 16.5. The smallest absolute Gasteiger partial charge is 0.341 e. The number of rotatable bonds is 7. The van der Waals surface area contributed by atoms with Gasteiger partial charge in [-0.3, -0.25) is 4.79 Å². The Labute approximate surface area is 201 Å². The Bertz CT molecular complexity index is 1060. The van der Waals surface area contributed by atoms with Gasteiger partial charge in [0.25, 0.3) is 5.91 Å². The third-order valence-corrected chi connectivity index (χ3v) is 4.88. The van der Waals surface area contributed by atoms with Crippen LogP contribution in [0.1, 0.15) is 49.5 Å². The molecule has 2 rings (SSSR count). The number of nitrogens with zero attached hydrogens (tertiary/aromatic N) is 1. The molecule has 3 N–H and O–H groups in total. The summed E-state index contributed by atoms with van der Waals surface area (Å²) in [5, 5.41) is 11.8. The molecule has 0 radical (unpaired) electrons. The number of carbonyl (C=O) groups is 2. The lowest BCUT2D eigenvalue weighted by Gasteiger charge is -2.15. The number of hydrogen-bond donors (Lipinski definition) is 2. The minimum atomic E-state index is -0.596. The first-order valence-corrected chi connectivity index (χ1v) is 11.0. The number of allylic oxidation sites excluding steroid dienone is 7. The second-order valence-electron chi connectivity index (χ2n) is 7.17. The van der Waals surface area contributed by atoms with E-state index in [9.17, 15) is 9.59 Å². The van der Waals surface area contributed by atoms with E-state index in [0.29, 0.717) is 22.4 Å². The highest BCUT2D eigenvalue weighted by molar-refractivity contribution is 5.96. The third kappa shape index (κ3) is 7.52. The summed E-state index contributed by atoms with van der Waals surface area (Å²) in [5.74, 6) is -0.651. The number of esters is 1. The van der Waals surface area contributed by atoms with Gasteiger partial charge in [0.15, 0.2) is 5.76 Å². The second kappa shape index (κ2) is 14.2. The van der Waals surface area contributed by atoms with Gasteiger partial charge in [-0.2, -0.15) is 5.26 Å². The van der Waals surface area contributed by atoms with Crippen LogP contribution in [0.2, 0.25) is 0 Å². The molecule has 0 bridgehead atoms. The Morgan fingerprint density at radius 1 is 1.09 bits per heavy atom. The Balaban J connectivity index is 0.00000281. The molecule has 34 heavy (non-hydrogen) atoms. The first-order chi connectivity index (χ1) is 16.3. The van der Waals surface area contributed by atoms with Crippen molar-refractivity contribution >= 4 is 11.9 Å². The maximum absolute atomic E-state index is 12.6. The lowest BCUT2D eigenvalue weighted by molar-refractivity contribution is -0.136. The molecule has 0 spiro atoms. The van der Waals surface area contributed by atoms with Gasteiger partial charge in [0.2, 0.25) is 0 Å². The number of benzene rings is 1. The van der Waals surface area contributed by atoms with Crippen molar-refractivity contribution in [3.05, 3.63) is 93.9 Å². The van der Waals surface area contributed by atoms with Gasteiger partial charge in [0, 0.05) is 23.7 Å². The van der Waals surface area contributed by atoms with Crippen molar-refractivity contribution in [1.29, 1.82) is 5.26 Å². The van der Waals surface area contributed by atoms with Crippen molar-refractivity contribution < 1.29 is 19.1 Å². The molecule has 1 unspecified atom stereocenters. The first-order valence-electron chi connectivity index (χ1n) is 11.0. The molecule has 1 aromatic carbocycles. The van der Waals surface area contributed by atoms with Crippen LogP contribution in [0, 0.1) is 11.3 Å². The van der Waals surface area contributed by atoms with E-state index >= 15 is 0 Å². The zero-order chi connectivity index (χ0) is 25.7. The van der Waals surface area contributed by atoms with Crippen molar-refractivity contribution in [2.75, 3.05) is 20.8 Å². The normalized spacial score (nSPS) is 15.8. The van der Waals surface area contributed by atoms with Crippen LogP contribution in [0.15, 0.2) is 82.8 Å². The minimum absolute atomic E-state index is 0.0146. The topological polar surface area (TPSA) is 114 Å². The molecule has 7 heteroatoms. The van der Waals surface area contributed by atoms with Crippen LogP contribution in [0.3, 0.4) is 0 Å². The van der Waals surface area contributed by atoms with E-state index < -0.39 is 5.97 Å². The van der Waals surface area contributed by atoms with Crippen LogP contribution in [0.25, 0.3) is 0 Å². The van der Waals surface area contributed by atoms with E-state index in [1.165, 1.54) is 14.2 Å². The Kier molecular flexibility index (Phi) is 11.7. The van der Waals surface area contributed by atoms with Crippen LogP contribution < -0.4 is 11.1 Å². The van der Waals surface area contributed by atoms with Crippen molar-refractivity contribution in [3.8, 4) is 6.07 Å². The van der Waals surface area contributed by atoms with Crippen molar-refractivity contribution in [2.45, 2.75) is 33.6 Å². The molecule has 1 amide bonds. The summed E-state index contributed by atoms with van der Waals surface area (Å²) < 4.78 is 10.1. The average Bonchev–Trinajstić information content (AvgIpc) is 3.12. The van der Waals surface area contributed by atoms with E-state index in [4.69, 9.17) is 20.5 Å². The van der Waals surface area contributed by atoms with Gasteiger partial charge in [0.05, 0.1) is 25.9 Å². The second-order valence-corrected chi connectivity index (χ2v) is 7.17. The fraction of sp³-hybridized carbons (Fsp3) is 0.296. The molecule has 0 fully saturated rings. The highest BCUT2D eigenvalue weighted by Crippen LogP contribution is 2.23. The zero-order valence-electron chi connectivity index (χ0n) is 20.6. The van der Waals surface area contributed by atoms with E-state index in [1.807, 2.05) is 44.2 Å². The van der Waals surface area contributed by atoms with Gasteiger partial charge in [-0.05, 0) is 49.3 Å². The van der Waals surface area contributed by atoms with Crippen LogP contribution in [-0.2, 0) is 14.3 Å². The largest absolute Gasteiger partial charge is 0.494 e. The Morgan fingerprint density at radius 2 is 1.74 bits per heavy atom.